The van der Waals surface area contributed by atoms with Crippen molar-refractivity contribution in [2.45, 2.75) is 219 Å². The zero-order valence-corrected chi connectivity index (χ0v) is 31.7. The van der Waals surface area contributed by atoms with E-state index >= 15 is 0 Å². The van der Waals surface area contributed by atoms with Crippen molar-refractivity contribution < 1.29 is 9.47 Å². The first-order valence-electron chi connectivity index (χ1n) is 20.6. The molecule has 0 aromatic carbocycles. The van der Waals surface area contributed by atoms with Crippen LogP contribution in [0.4, 0.5) is 0 Å². The number of unbranched alkanes of at least 4 members (excludes halogenated alkanes) is 28. The quantitative estimate of drug-likeness (QED) is 0.0664. The van der Waals surface area contributed by atoms with Crippen LogP contribution < -0.4 is 0 Å². The summed E-state index contributed by atoms with van der Waals surface area (Å²) >= 11 is 1.89. The smallest absolute Gasteiger partial charge is 0.0514 e. The van der Waals surface area contributed by atoms with Crippen molar-refractivity contribution in [2.75, 3.05) is 26.4 Å². The highest BCUT2D eigenvalue weighted by molar-refractivity contribution is 7.10. The molecule has 0 N–H and O–H groups in total. The van der Waals surface area contributed by atoms with E-state index in [1.807, 2.05) is 11.3 Å². The maximum absolute atomic E-state index is 5.99. The molecule has 1 rings (SSSR count). The molecule has 1 heterocycles. The summed E-state index contributed by atoms with van der Waals surface area (Å²) in [6, 6.07) is 2.30. The van der Waals surface area contributed by atoms with Crippen LogP contribution in [0.3, 0.4) is 0 Å². The van der Waals surface area contributed by atoms with Crippen LogP contribution in [-0.4, -0.2) is 26.4 Å². The van der Waals surface area contributed by atoms with Gasteiger partial charge in [-0.15, -0.1) is 11.3 Å². The van der Waals surface area contributed by atoms with Crippen LogP contribution in [0.2, 0.25) is 0 Å². The molecule has 0 aliphatic rings. The normalized spacial score (nSPS) is 11.6. The van der Waals surface area contributed by atoms with Crippen molar-refractivity contribution in [3.63, 3.8) is 0 Å². The van der Waals surface area contributed by atoms with Gasteiger partial charge in [0.15, 0.2) is 0 Å². The lowest BCUT2D eigenvalue weighted by atomic mass is 10.0. The van der Waals surface area contributed by atoms with Gasteiger partial charge in [-0.2, -0.15) is 0 Å². The molecule has 0 bridgehead atoms. The third-order valence-corrected chi connectivity index (χ3v) is 10.6. The second-order valence-corrected chi connectivity index (χ2v) is 15.0. The molecule has 0 unspecified atom stereocenters. The molecule has 0 aliphatic heterocycles. The van der Waals surface area contributed by atoms with Crippen LogP contribution in [0, 0.1) is 0 Å². The van der Waals surface area contributed by atoms with Crippen LogP contribution in [0.25, 0.3) is 0 Å². The summed E-state index contributed by atoms with van der Waals surface area (Å²) in [5.74, 6) is 0. The molecule has 0 aliphatic carbocycles. The van der Waals surface area contributed by atoms with E-state index in [9.17, 15) is 0 Å². The number of hydrogen-bond donors (Lipinski definition) is 0. The first-order chi connectivity index (χ1) is 22.4. The third-order valence-electron chi connectivity index (χ3n) is 9.61. The Kier molecular flexibility index (Phi) is 34.5. The Labute approximate surface area is 287 Å². The molecule has 0 atom stereocenters. The molecule has 1 aromatic heterocycles. The van der Waals surface area contributed by atoms with Crippen molar-refractivity contribution in [1.82, 2.24) is 0 Å². The Bertz CT molecular complexity index is 617. The average Bonchev–Trinajstić information content (AvgIpc) is 3.50. The molecule has 0 saturated carbocycles. The molecule has 1 aromatic rings. The van der Waals surface area contributed by atoms with Crippen molar-refractivity contribution in [2.24, 2.45) is 0 Å². The van der Waals surface area contributed by atoms with Gasteiger partial charge in [-0.05, 0) is 36.3 Å². The van der Waals surface area contributed by atoms with Crippen molar-refractivity contribution >= 4 is 11.3 Å². The van der Waals surface area contributed by atoms with E-state index in [0.717, 1.165) is 39.3 Å². The van der Waals surface area contributed by atoms with Crippen LogP contribution in [0.1, 0.15) is 217 Å². The Balaban J connectivity index is 1.80. The van der Waals surface area contributed by atoms with Gasteiger partial charge in [-0.25, -0.2) is 0 Å². The summed E-state index contributed by atoms with van der Waals surface area (Å²) < 4.78 is 12.0. The van der Waals surface area contributed by atoms with Crippen molar-refractivity contribution in [3.05, 3.63) is 21.9 Å². The fourth-order valence-electron chi connectivity index (χ4n) is 6.51. The third kappa shape index (κ3) is 30.7. The lowest BCUT2D eigenvalue weighted by Gasteiger charge is -2.07. The fraction of sp³-hybridized carbons (Fsp3) is 0.905. The monoisotopic (exact) mass is 649 g/mol. The molecule has 0 spiro atoms. The molecular weight excluding hydrogens is 569 g/mol. The first-order valence-corrected chi connectivity index (χ1v) is 21.5. The van der Waals surface area contributed by atoms with Gasteiger partial charge >= 0.3 is 0 Å². The average molecular weight is 649 g/mol. The van der Waals surface area contributed by atoms with E-state index in [-0.39, 0.29) is 0 Å². The summed E-state index contributed by atoms with van der Waals surface area (Å²) in [5, 5.41) is 2.24. The van der Waals surface area contributed by atoms with Crippen LogP contribution in [-0.2, 0) is 22.3 Å². The molecule has 0 fully saturated rings. The predicted molar refractivity (Wildman–Crippen MR) is 203 cm³/mol. The second kappa shape index (κ2) is 36.5. The highest BCUT2D eigenvalue weighted by atomic mass is 32.1. The van der Waals surface area contributed by atoms with Crippen LogP contribution >= 0.6 is 11.3 Å². The van der Waals surface area contributed by atoms with Gasteiger partial charge in [0.1, 0.15) is 0 Å². The van der Waals surface area contributed by atoms with E-state index < -0.39 is 0 Å². The fourth-order valence-corrected chi connectivity index (χ4v) is 7.43. The highest BCUT2D eigenvalue weighted by Crippen LogP contribution is 2.19. The SMILES string of the molecule is CCCCCCCCCCCCCCCCCOCCc1ccsc1CCOCCCCCCCCCCCCCCCCC. The number of thiophene rings is 1. The van der Waals surface area contributed by atoms with Gasteiger partial charge in [0.25, 0.3) is 0 Å². The number of hydrogen-bond acceptors (Lipinski definition) is 3. The van der Waals surface area contributed by atoms with Gasteiger partial charge in [0.05, 0.1) is 13.2 Å². The molecule has 0 saturated heterocycles. The van der Waals surface area contributed by atoms with Crippen LogP contribution in [0.15, 0.2) is 11.4 Å². The number of ether oxygens (including phenoxy) is 2. The largest absolute Gasteiger partial charge is 0.381 e. The second-order valence-electron chi connectivity index (χ2n) is 14.0. The molecular formula is C42H80O2S. The van der Waals surface area contributed by atoms with Crippen LogP contribution in [0.5, 0.6) is 0 Å². The number of rotatable bonds is 38. The van der Waals surface area contributed by atoms with Gasteiger partial charge < -0.3 is 9.47 Å². The summed E-state index contributed by atoms with van der Waals surface area (Å²) in [5.41, 5.74) is 1.48. The van der Waals surface area contributed by atoms with Crippen molar-refractivity contribution in [3.8, 4) is 0 Å². The molecule has 3 heteroatoms. The summed E-state index contributed by atoms with van der Waals surface area (Å²) in [7, 11) is 0. The standard InChI is InChI=1S/C42H80O2S/c1-3-5-7-9-11-13-15-17-19-21-23-25-27-29-31-36-43-38-33-41-35-40-45-42(41)34-39-44-37-32-30-28-26-24-22-20-18-16-14-12-10-8-6-4-2/h35,40H,3-34,36-39H2,1-2H3. The van der Waals surface area contributed by atoms with E-state index in [1.54, 1.807) is 0 Å². The zero-order valence-electron chi connectivity index (χ0n) is 30.8. The van der Waals surface area contributed by atoms with E-state index in [1.165, 1.54) is 203 Å². The maximum atomic E-state index is 5.99. The van der Waals surface area contributed by atoms with E-state index in [2.05, 4.69) is 25.3 Å². The Morgan fingerprint density at radius 3 is 1.04 bits per heavy atom. The minimum absolute atomic E-state index is 0.863. The summed E-state index contributed by atoms with van der Waals surface area (Å²) in [4.78, 5) is 1.50. The molecule has 0 amide bonds. The maximum Gasteiger partial charge on any atom is 0.0514 e. The molecule has 0 radical (unpaired) electrons. The predicted octanol–water partition coefficient (Wildman–Crippen LogP) is 14.6. The Morgan fingerprint density at radius 1 is 0.378 bits per heavy atom. The van der Waals surface area contributed by atoms with Gasteiger partial charge in [0, 0.05) is 24.5 Å². The highest BCUT2D eigenvalue weighted by Gasteiger charge is 2.05. The topological polar surface area (TPSA) is 18.5 Å². The summed E-state index contributed by atoms with van der Waals surface area (Å²) in [6.45, 7) is 8.19. The molecule has 45 heavy (non-hydrogen) atoms. The minimum Gasteiger partial charge on any atom is -0.381 e. The lowest BCUT2D eigenvalue weighted by Crippen LogP contribution is -2.04. The first kappa shape index (κ1) is 42.6. The molecule has 266 valence electrons. The van der Waals surface area contributed by atoms with E-state index in [0.29, 0.717) is 0 Å². The van der Waals surface area contributed by atoms with Gasteiger partial charge in [-0.3, -0.25) is 0 Å². The van der Waals surface area contributed by atoms with Gasteiger partial charge in [0.2, 0.25) is 0 Å². The lowest BCUT2D eigenvalue weighted by molar-refractivity contribution is 0.130. The Morgan fingerprint density at radius 2 is 0.689 bits per heavy atom. The molecule has 2 nitrogen and oxygen atoms in total. The Hall–Kier alpha value is -0.380. The zero-order chi connectivity index (χ0) is 32.1. The minimum atomic E-state index is 0.863. The summed E-state index contributed by atoms with van der Waals surface area (Å²) in [6.07, 6.45) is 44.6. The van der Waals surface area contributed by atoms with Crippen molar-refractivity contribution in [1.29, 1.82) is 0 Å². The van der Waals surface area contributed by atoms with Gasteiger partial charge in [-0.1, -0.05) is 194 Å². The van der Waals surface area contributed by atoms with E-state index in [4.69, 9.17) is 9.47 Å².